The summed E-state index contributed by atoms with van der Waals surface area (Å²) >= 11 is 0. The fourth-order valence-electron chi connectivity index (χ4n) is 2.42. The van der Waals surface area contributed by atoms with Crippen LogP contribution in [0, 0.1) is 11.3 Å². The number of sulfone groups is 1. The van der Waals surface area contributed by atoms with Crippen LogP contribution >= 0.6 is 0 Å². The highest BCUT2D eigenvalue weighted by Crippen LogP contribution is 2.34. The highest BCUT2D eigenvalue weighted by Gasteiger charge is 2.39. The molecule has 1 heterocycles. The molecule has 0 spiro atoms. The van der Waals surface area contributed by atoms with Gasteiger partial charge in [0.2, 0.25) is 0 Å². The van der Waals surface area contributed by atoms with Crippen LogP contribution in [0.1, 0.15) is 24.5 Å². The van der Waals surface area contributed by atoms with E-state index in [2.05, 4.69) is 5.32 Å². The third kappa shape index (κ3) is 3.47. The summed E-state index contributed by atoms with van der Waals surface area (Å²) in [7, 11) is -3.13. The number of alkyl halides is 3. The zero-order chi connectivity index (χ0) is 15.9. The van der Waals surface area contributed by atoms with Gasteiger partial charge in [-0.05, 0) is 31.5 Å². The van der Waals surface area contributed by atoms with Gasteiger partial charge in [-0.1, -0.05) is 0 Å². The molecule has 0 aliphatic carbocycles. The van der Waals surface area contributed by atoms with Crippen LogP contribution in [-0.4, -0.2) is 25.5 Å². The Morgan fingerprint density at radius 2 is 2.05 bits per heavy atom. The summed E-state index contributed by atoms with van der Waals surface area (Å²) < 4.78 is 61.1. The molecule has 1 N–H and O–H groups in total. The molecule has 0 saturated carbocycles. The number of hydrogen-bond donors (Lipinski definition) is 1. The first-order valence-electron chi connectivity index (χ1n) is 6.15. The van der Waals surface area contributed by atoms with E-state index in [1.165, 1.54) is 12.1 Å². The van der Waals surface area contributed by atoms with Crippen molar-refractivity contribution in [1.29, 1.82) is 5.26 Å². The molecule has 1 saturated heterocycles. The lowest BCUT2D eigenvalue weighted by molar-refractivity contribution is -0.137. The van der Waals surface area contributed by atoms with Crippen LogP contribution in [0.5, 0.6) is 0 Å². The lowest BCUT2D eigenvalue weighted by Gasteiger charge is -2.25. The average molecular weight is 318 g/mol. The molecule has 0 radical (unpaired) electrons. The number of nitrogens with zero attached hydrogens (tertiary/aromatic N) is 1. The molecule has 1 fully saturated rings. The van der Waals surface area contributed by atoms with Gasteiger partial charge in [-0.15, -0.1) is 0 Å². The van der Waals surface area contributed by atoms with Crippen molar-refractivity contribution in [1.82, 2.24) is 0 Å². The highest BCUT2D eigenvalue weighted by atomic mass is 32.2. The van der Waals surface area contributed by atoms with Gasteiger partial charge in [0.25, 0.3) is 0 Å². The molecule has 2 rings (SSSR count). The number of hydrogen-bond acceptors (Lipinski definition) is 4. The molecule has 1 aliphatic heterocycles. The van der Waals surface area contributed by atoms with E-state index in [0.717, 1.165) is 12.1 Å². The lowest BCUT2D eigenvalue weighted by atomic mass is 10.0. The molecule has 1 aromatic carbocycles. The van der Waals surface area contributed by atoms with Crippen molar-refractivity contribution in [3.63, 3.8) is 0 Å². The van der Waals surface area contributed by atoms with Crippen LogP contribution in [0.25, 0.3) is 0 Å². The average Bonchev–Trinajstić information content (AvgIpc) is 2.61. The molecule has 4 nitrogen and oxygen atoms in total. The number of rotatable bonds is 2. The van der Waals surface area contributed by atoms with Crippen LogP contribution in [0.4, 0.5) is 18.9 Å². The van der Waals surface area contributed by atoms with Gasteiger partial charge in [0.05, 0.1) is 28.7 Å². The maximum Gasteiger partial charge on any atom is 0.417 e. The maximum atomic E-state index is 12.7. The van der Waals surface area contributed by atoms with Gasteiger partial charge in [-0.2, -0.15) is 18.4 Å². The second-order valence-corrected chi connectivity index (χ2v) is 7.58. The molecule has 0 bridgehead atoms. The first-order chi connectivity index (χ1) is 9.55. The van der Waals surface area contributed by atoms with Crippen molar-refractivity contribution < 1.29 is 21.6 Å². The Kier molecular flexibility index (Phi) is 3.66. The summed E-state index contributed by atoms with van der Waals surface area (Å²) in [6, 6.07) is 4.65. The Bertz CT molecular complexity index is 707. The van der Waals surface area contributed by atoms with E-state index < -0.39 is 32.7 Å². The Hall–Kier alpha value is -1.75. The van der Waals surface area contributed by atoms with Crippen LogP contribution in [0.2, 0.25) is 0 Å². The minimum atomic E-state index is -4.59. The molecule has 0 aromatic heterocycles. The van der Waals surface area contributed by atoms with Gasteiger partial charge in [0, 0.05) is 11.2 Å². The number of halogens is 3. The molecular formula is C13H13F3N2O2S. The maximum absolute atomic E-state index is 12.7. The topological polar surface area (TPSA) is 70.0 Å². The molecule has 0 amide bonds. The standard InChI is InChI=1S/C13H13F3N2O2S/c1-12(4-5-21(19,20)8-12)18-10-2-3-11(13(14,15)16)9(6-10)7-17/h2-3,6,18H,4-5,8H2,1H3. The van der Waals surface area contributed by atoms with Crippen molar-refractivity contribution >= 4 is 15.5 Å². The second kappa shape index (κ2) is 4.91. The third-order valence-corrected chi connectivity index (χ3v) is 5.30. The van der Waals surface area contributed by atoms with Crippen LogP contribution in [0.3, 0.4) is 0 Å². The van der Waals surface area contributed by atoms with E-state index in [9.17, 15) is 21.6 Å². The fourth-order valence-corrected chi connectivity index (χ4v) is 4.51. The molecule has 1 unspecified atom stereocenters. The fraction of sp³-hybridized carbons (Fsp3) is 0.462. The van der Waals surface area contributed by atoms with E-state index in [0.29, 0.717) is 12.1 Å². The summed E-state index contributed by atoms with van der Waals surface area (Å²) in [5.41, 5.74) is -1.92. The van der Waals surface area contributed by atoms with E-state index in [1.807, 2.05) is 0 Å². The monoisotopic (exact) mass is 318 g/mol. The quantitative estimate of drug-likeness (QED) is 0.910. The molecular weight excluding hydrogens is 305 g/mol. The van der Waals surface area contributed by atoms with Crippen molar-refractivity contribution in [2.75, 3.05) is 16.8 Å². The minimum Gasteiger partial charge on any atom is -0.379 e. The summed E-state index contributed by atoms with van der Waals surface area (Å²) in [5.74, 6) is -0.0366. The summed E-state index contributed by atoms with van der Waals surface area (Å²) in [4.78, 5) is 0. The van der Waals surface area contributed by atoms with Gasteiger partial charge in [0.15, 0.2) is 9.84 Å². The van der Waals surface area contributed by atoms with Crippen LogP contribution < -0.4 is 5.32 Å². The van der Waals surface area contributed by atoms with Crippen LogP contribution in [-0.2, 0) is 16.0 Å². The first-order valence-corrected chi connectivity index (χ1v) is 7.97. The Morgan fingerprint density at radius 1 is 1.38 bits per heavy atom. The molecule has 8 heteroatoms. The molecule has 1 atom stereocenters. The molecule has 1 aliphatic rings. The van der Waals surface area contributed by atoms with Gasteiger partial charge in [-0.25, -0.2) is 8.42 Å². The minimum absolute atomic E-state index is 0.0439. The zero-order valence-electron chi connectivity index (χ0n) is 11.2. The first kappa shape index (κ1) is 15.6. The van der Waals surface area contributed by atoms with Crippen LogP contribution in [0.15, 0.2) is 18.2 Å². The summed E-state index contributed by atoms with van der Waals surface area (Å²) in [6.07, 6.45) is -4.22. The number of nitrogens with one attached hydrogen (secondary N) is 1. The Morgan fingerprint density at radius 3 is 2.52 bits per heavy atom. The van der Waals surface area contributed by atoms with Gasteiger partial charge in [-0.3, -0.25) is 0 Å². The summed E-state index contributed by atoms with van der Waals surface area (Å²) in [5, 5.41) is 11.8. The molecule has 21 heavy (non-hydrogen) atoms. The van der Waals surface area contributed by atoms with Crippen molar-refractivity contribution in [3.05, 3.63) is 29.3 Å². The number of benzene rings is 1. The van der Waals surface area contributed by atoms with Crippen molar-refractivity contribution in [3.8, 4) is 6.07 Å². The van der Waals surface area contributed by atoms with E-state index in [-0.39, 0.29) is 11.5 Å². The van der Waals surface area contributed by atoms with E-state index in [1.54, 1.807) is 6.92 Å². The SMILES string of the molecule is CC1(Nc2ccc(C(F)(F)F)c(C#N)c2)CCS(=O)(=O)C1. The Balaban J connectivity index is 2.30. The van der Waals surface area contributed by atoms with Crippen molar-refractivity contribution in [2.45, 2.75) is 25.1 Å². The molecule has 114 valence electrons. The highest BCUT2D eigenvalue weighted by molar-refractivity contribution is 7.91. The number of nitriles is 1. The number of anilines is 1. The molecule has 1 aromatic rings. The third-order valence-electron chi connectivity index (χ3n) is 3.39. The predicted octanol–water partition coefficient (Wildman–Crippen LogP) is 2.57. The van der Waals surface area contributed by atoms with Gasteiger partial charge < -0.3 is 5.32 Å². The normalized spacial score (nSPS) is 24.5. The van der Waals surface area contributed by atoms with E-state index >= 15 is 0 Å². The van der Waals surface area contributed by atoms with Gasteiger partial charge in [0.1, 0.15) is 0 Å². The Labute approximate surface area is 120 Å². The van der Waals surface area contributed by atoms with Crippen molar-refractivity contribution in [2.24, 2.45) is 0 Å². The zero-order valence-corrected chi connectivity index (χ0v) is 12.0. The van der Waals surface area contributed by atoms with E-state index in [4.69, 9.17) is 5.26 Å². The lowest BCUT2D eigenvalue weighted by Crippen LogP contribution is -2.35. The largest absolute Gasteiger partial charge is 0.417 e. The predicted molar refractivity (Wildman–Crippen MR) is 71.5 cm³/mol. The smallest absolute Gasteiger partial charge is 0.379 e. The van der Waals surface area contributed by atoms with Gasteiger partial charge >= 0.3 is 6.18 Å². The summed E-state index contributed by atoms with van der Waals surface area (Å²) in [6.45, 7) is 1.70. The second-order valence-electron chi connectivity index (χ2n) is 5.40.